The Morgan fingerprint density at radius 1 is 2.00 bits per heavy atom. The monoisotopic (exact) mass is 86.0 g/mol. The summed E-state index contributed by atoms with van der Waals surface area (Å²) in [4.78, 5) is 3.54. The summed E-state index contributed by atoms with van der Waals surface area (Å²) in [5, 5.41) is 7.38. The van der Waals surface area contributed by atoms with Crippen molar-refractivity contribution in [2.75, 3.05) is 6.61 Å². The van der Waals surface area contributed by atoms with Crippen LogP contribution < -0.4 is 29.6 Å². The van der Waals surface area contributed by atoms with Gasteiger partial charge in [-0.05, 0) is 6.92 Å². The fourth-order valence-electron chi connectivity index (χ4n) is 0. The molecule has 0 bridgehead atoms. The van der Waals surface area contributed by atoms with Gasteiger partial charge in [0, 0.05) is 0 Å². The summed E-state index contributed by atoms with van der Waals surface area (Å²) in [6, 6.07) is 0. The van der Waals surface area contributed by atoms with Crippen LogP contribution in [0.5, 0.6) is 0 Å². The van der Waals surface area contributed by atoms with Gasteiger partial charge in [0.15, 0.2) is 0 Å². The summed E-state index contributed by atoms with van der Waals surface area (Å²) in [6.45, 7) is 2.08. The van der Waals surface area contributed by atoms with Crippen molar-refractivity contribution in [2.45, 2.75) is 6.92 Å². The van der Waals surface area contributed by atoms with E-state index in [4.69, 9.17) is 5.26 Å². The molecule has 0 atom stereocenters. The molecule has 0 saturated heterocycles. The van der Waals surface area contributed by atoms with Gasteiger partial charge in [-0.15, -0.1) is 0 Å². The number of hydrogen-bond acceptors (Lipinski definition) is 2. The van der Waals surface area contributed by atoms with E-state index in [1.165, 1.54) is 0 Å². The molecule has 0 fully saturated rings. The summed E-state index contributed by atoms with van der Waals surface area (Å²) in [7, 11) is 0. The van der Waals surface area contributed by atoms with Crippen molar-refractivity contribution in [2.24, 2.45) is 0 Å². The topological polar surface area (TPSA) is 29.5 Å². The fourth-order valence-corrected chi connectivity index (χ4v) is 0. The van der Waals surface area contributed by atoms with Gasteiger partial charge in [-0.2, -0.15) is 0 Å². The molecule has 0 unspecified atom stereocenters. The van der Waals surface area contributed by atoms with Gasteiger partial charge in [0.25, 0.3) is 0 Å². The van der Waals surface area contributed by atoms with E-state index in [0.29, 0.717) is 6.61 Å². The molecule has 0 aliphatic rings. The summed E-state index contributed by atoms with van der Waals surface area (Å²) in [5.74, 6) is 0. The van der Waals surface area contributed by atoms with Crippen LogP contribution in [-0.2, 0) is 4.89 Å². The van der Waals surface area contributed by atoms with Crippen LogP contribution in [0, 0.1) is 0 Å². The third-order valence-corrected chi connectivity index (χ3v) is 0.129. The first-order chi connectivity index (χ1) is 1.91. The molecule has 0 aliphatic carbocycles. The van der Waals surface area contributed by atoms with Crippen LogP contribution in [-0.4, -0.2) is 11.9 Å². The van der Waals surface area contributed by atoms with Crippen molar-refractivity contribution < 1.29 is 41.1 Å². The first-order valence-corrected chi connectivity index (χ1v) is 1.18. The van der Waals surface area contributed by atoms with Crippen molar-refractivity contribution in [1.82, 2.24) is 0 Å². The van der Waals surface area contributed by atoms with Gasteiger partial charge >= 0.3 is 29.6 Å². The molecule has 0 amide bonds. The Morgan fingerprint density at radius 3 is 2.20 bits per heavy atom. The molecule has 0 radical (unpaired) electrons. The van der Waals surface area contributed by atoms with Crippen molar-refractivity contribution in [3.8, 4) is 0 Å². The minimum atomic E-state index is 0. The maximum atomic E-state index is 7.38. The van der Waals surface area contributed by atoms with Gasteiger partial charge in [-0.1, -0.05) is 0 Å². The van der Waals surface area contributed by atoms with Gasteiger partial charge in [0.05, 0.1) is 6.61 Å². The van der Waals surface area contributed by atoms with Crippen molar-refractivity contribution in [3.63, 3.8) is 0 Å². The Balaban J connectivity index is -0.0000000450. The van der Waals surface area contributed by atoms with Crippen LogP contribution in [0.4, 0.5) is 0 Å². The number of rotatable bonds is 1. The van der Waals surface area contributed by atoms with Gasteiger partial charge < -0.3 is 1.43 Å². The average Bonchev–Trinajstić information content (AvgIpc) is 1.37. The van der Waals surface area contributed by atoms with E-state index in [-0.39, 0.29) is 31.0 Å². The van der Waals surface area contributed by atoms with E-state index in [1.54, 1.807) is 6.92 Å². The molecular formula is C2H7NaO2. The van der Waals surface area contributed by atoms with E-state index in [0.717, 1.165) is 0 Å². The summed E-state index contributed by atoms with van der Waals surface area (Å²) in [6.07, 6.45) is 0. The second-order valence-corrected chi connectivity index (χ2v) is 0.418. The predicted octanol–water partition coefficient (Wildman–Crippen LogP) is -2.39. The van der Waals surface area contributed by atoms with Crippen LogP contribution in [0.2, 0.25) is 0 Å². The molecule has 0 saturated carbocycles. The molecule has 28 valence electrons. The van der Waals surface area contributed by atoms with Gasteiger partial charge in [0.2, 0.25) is 0 Å². The zero-order valence-electron chi connectivity index (χ0n) is 4.56. The molecule has 1 N–H and O–H groups in total. The second kappa shape index (κ2) is 8.87. The SMILES string of the molecule is CCOO.[H-].[Na+]. The summed E-state index contributed by atoms with van der Waals surface area (Å²) < 4.78 is 0. The second-order valence-electron chi connectivity index (χ2n) is 0.418. The van der Waals surface area contributed by atoms with Crippen LogP contribution in [0.15, 0.2) is 0 Å². The zero-order chi connectivity index (χ0) is 3.41. The van der Waals surface area contributed by atoms with Gasteiger partial charge in [0.1, 0.15) is 0 Å². The molecule has 0 heterocycles. The maximum Gasteiger partial charge on any atom is 1.00 e. The first kappa shape index (κ1) is 9.33. The molecule has 0 rings (SSSR count). The Labute approximate surface area is 54.8 Å². The summed E-state index contributed by atoms with van der Waals surface area (Å²) >= 11 is 0. The van der Waals surface area contributed by atoms with Gasteiger partial charge in [-0.25, -0.2) is 4.89 Å². The molecular weight excluding hydrogens is 79.0 g/mol. The Kier molecular flexibility index (Phi) is 16.5. The van der Waals surface area contributed by atoms with E-state index >= 15 is 0 Å². The van der Waals surface area contributed by atoms with Gasteiger partial charge in [-0.3, -0.25) is 5.26 Å². The largest absolute Gasteiger partial charge is 1.00 e. The molecule has 0 aromatic rings. The molecule has 0 aliphatic heterocycles. The fraction of sp³-hybridized carbons (Fsp3) is 1.00. The Hall–Kier alpha value is 0.920. The maximum absolute atomic E-state index is 7.38. The average molecular weight is 86.1 g/mol. The molecule has 0 aromatic carbocycles. The van der Waals surface area contributed by atoms with E-state index in [1.807, 2.05) is 0 Å². The van der Waals surface area contributed by atoms with Crippen LogP contribution in [0.25, 0.3) is 0 Å². The molecule has 0 aromatic heterocycles. The third kappa shape index (κ3) is 11.4. The quantitative estimate of drug-likeness (QED) is 0.219. The van der Waals surface area contributed by atoms with Crippen molar-refractivity contribution in [3.05, 3.63) is 0 Å². The third-order valence-electron chi connectivity index (χ3n) is 0.129. The molecule has 5 heavy (non-hydrogen) atoms. The minimum absolute atomic E-state index is 0. The van der Waals surface area contributed by atoms with E-state index < -0.39 is 0 Å². The minimum Gasteiger partial charge on any atom is -1.00 e. The molecule has 0 spiro atoms. The Bertz CT molecular complexity index is 13.5. The molecule has 2 nitrogen and oxygen atoms in total. The summed E-state index contributed by atoms with van der Waals surface area (Å²) in [5.41, 5.74) is 0. The van der Waals surface area contributed by atoms with E-state index in [9.17, 15) is 0 Å². The normalized spacial score (nSPS) is 6.00. The van der Waals surface area contributed by atoms with Crippen molar-refractivity contribution in [1.29, 1.82) is 0 Å². The van der Waals surface area contributed by atoms with Crippen molar-refractivity contribution >= 4 is 0 Å². The van der Waals surface area contributed by atoms with Crippen LogP contribution >= 0.6 is 0 Å². The standard InChI is InChI=1S/C2H6O2.Na.H/c1-2-4-3;;/h3H,2H2,1H3;;/q;+1;-1. The first-order valence-electron chi connectivity index (χ1n) is 1.18. The Morgan fingerprint density at radius 2 is 2.20 bits per heavy atom. The van der Waals surface area contributed by atoms with E-state index in [2.05, 4.69) is 4.89 Å². The van der Waals surface area contributed by atoms with Crippen LogP contribution in [0.1, 0.15) is 8.35 Å². The predicted molar refractivity (Wildman–Crippen MR) is 15.4 cm³/mol. The molecule has 3 heteroatoms. The number of hydrogen-bond donors (Lipinski definition) is 1. The van der Waals surface area contributed by atoms with Crippen LogP contribution in [0.3, 0.4) is 0 Å². The zero-order valence-corrected chi connectivity index (χ0v) is 5.56. The smallest absolute Gasteiger partial charge is 1.00 e.